The van der Waals surface area contributed by atoms with E-state index in [9.17, 15) is 0 Å². The van der Waals surface area contributed by atoms with Crippen LogP contribution in [0.4, 0.5) is 0 Å². The number of unbranched alkanes of at least 4 members (excludes halogenated alkanes) is 3. The second kappa shape index (κ2) is 5.52. The molecule has 3 heteroatoms. The van der Waals surface area contributed by atoms with E-state index >= 15 is 0 Å². The molecule has 0 heterocycles. The van der Waals surface area contributed by atoms with E-state index in [4.69, 9.17) is 16.6 Å². The molecule has 0 fully saturated rings. The first-order valence-corrected chi connectivity index (χ1v) is 4.25. The van der Waals surface area contributed by atoms with Crippen molar-refractivity contribution in [3.63, 3.8) is 0 Å². The Balaban J connectivity index is 3.02. The van der Waals surface area contributed by atoms with Crippen molar-refractivity contribution in [1.29, 1.82) is 0 Å². The summed E-state index contributed by atoms with van der Waals surface area (Å²) in [6.45, 7) is 2.13. The Labute approximate surface area is 68.8 Å². The summed E-state index contributed by atoms with van der Waals surface area (Å²) in [6, 6.07) is 0. The van der Waals surface area contributed by atoms with Crippen LogP contribution in [0.15, 0.2) is 0 Å². The van der Waals surface area contributed by atoms with Gasteiger partial charge in [-0.2, -0.15) is 0 Å². The fourth-order valence-corrected chi connectivity index (χ4v) is 0.971. The maximum absolute atomic E-state index is 8.48. The lowest BCUT2D eigenvalue weighted by molar-refractivity contribution is 0.281. The fourth-order valence-electron chi connectivity index (χ4n) is 0.971. The highest BCUT2D eigenvalue weighted by molar-refractivity contribution is 4.68. The minimum absolute atomic E-state index is 0.294. The lowest BCUT2D eigenvalue weighted by atomic mass is 10.0. The van der Waals surface area contributed by atoms with E-state index in [1.165, 1.54) is 0 Å². The van der Waals surface area contributed by atoms with Gasteiger partial charge in [-0.1, -0.05) is 19.3 Å². The molecule has 11 heavy (non-hydrogen) atoms. The van der Waals surface area contributed by atoms with Gasteiger partial charge in [0, 0.05) is 6.61 Å². The van der Waals surface area contributed by atoms with Crippen LogP contribution in [0.25, 0.3) is 0 Å². The molecular weight excluding hydrogens is 140 g/mol. The number of aliphatic hydroxyl groups excluding tert-OH is 1. The smallest absolute Gasteiger partial charge is 0.0607 e. The summed E-state index contributed by atoms with van der Waals surface area (Å²) in [5.74, 6) is 0. The Hall–Kier alpha value is -0.120. The highest BCUT2D eigenvalue weighted by Gasteiger charge is 2.08. The van der Waals surface area contributed by atoms with Gasteiger partial charge in [-0.3, -0.25) is 0 Å². The molecule has 0 spiro atoms. The second-order valence-corrected chi connectivity index (χ2v) is 3.39. The molecule has 5 N–H and O–H groups in total. The minimum Gasteiger partial charge on any atom is -0.396 e. The third kappa shape index (κ3) is 9.88. The molecule has 68 valence electrons. The predicted molar refractivity (Wildman–Crippen MR) is 47.0 cm³/mol. The van der Waals surface area contributed by atoms with Crippen LogP contribution < -0.4 is 11.5 Å². The number of rotatable bonds is 6. The van der Waals surface area contributed by atoms with E-state index in [0.29, 0.717) is 6.61 Å². The summed E-state index contributed by atoms with van der Waals surface area (Å²) >= 11 is 0. The first-order chi connectivity index (χ1) is 5.06. The quantitative estimate of drug-likeness (QED) is 0.393. The Bertz CT molecular complexity index is 88.6. The Kier molecular flexibility index (Phi) is 5.46. The zero-order valence-corrected chi connectivity index (χ0v) is 7.34. The molecular formula is C8H20N2O. The fraction of sp³-hybridized carbons (Fsp3) is 1.00. The zero-order valence-electron chi connectivity index (χ0n) is 7.34. The van der Waals surface area contributed by atoms with E-state index < -0.39 is 5.66 Å². The summed E-state index contributed by atoms with van der Waals surface area (Å²) in [5.41, 5.74) is 10.6. The van der Waals surface area contributed by atoms with Crippen molar-refractivity contribution in [2.75, 3.05) is 6.61 Å². The molecule has 0 aliphatic heterocycles. The van der Waals surface area contributed by atoms with E-state index in [2.05, 4.69) is 0 Å². The number of aliphatic hydroxyl groups is 1. The Morgan fingerprint density at radius 2 is 1.64 bits per heavy atom. The predicted octanol–water partition coefficient (Wildman–Crippen LogP) is 0.563. The van der Waals surface area contributed by atoms with Gasteiger partial charge in [-0.25, -0.2) is 0 Å². The van der Waals surface area contributed by atoms with Crippen molar-refractivity contribution in [3.8, 4) is 0 Å². The van der Waals surface area contributed by atoms with E-state index in [1.54, 1.807) is 0 Å². The van der Waals surface area contributed by atoms with Crippen LogP contribution in [0, 0.1) is 0 Å². The maximum atomic E-state index is 8.48. The molecule has 0 aromatic heterocycles. The molecule has 0 amide bonds. The Morgan fingerprint density at radius 3 is 2.09 bits per heavy atom. The number of hydrogen-bond donors (Lipinski definition) is 3. The van der Waals surface area contributed by atoms with Crippen LogP contribution in [-0.4, -0.2) is 17.4 Å². The first-order valence-electron chi connectivity index (χ1n) is 4.25. The van der Waals surface area contributed by atoms with E-state index in [0.717, 1.165) is 32.1 Å². The number of nitrogens with two attached hydrogens (primary N) is 2. The largest absolute Gasteiger partial charge is 0.396 e. The average Bonchev–Trinajstić information content (AvgIpc) is 1.85. The van der Waals surface area contributed by atoms with E-state index in [1.807, 2.05) is 6.92 Å². The van der Waals surface area contributed by atoms with E-state index in [-0.39, 0.29) is 0 Å². The summed E-state index contributed by atoms with van der Waals surface area (Å²) in [4.78, 5) is 0. The molecule has 0 aromatic rings. The normalized spacial score (nSPS) is 12.0. The molecule has 0 bridgehead atoms. The average molecular weight is 160 g/mol. The molecule has 0 saturated heterocycles. The van der Waals surface area contributed by atoms with Gasteiger partial charge >= 0.3 is 0 Å². The van der Waals surface area contributed by atoms with Gasteiger partial charge in [0.1, 0.15) is 0 Å². The van der Waals surface area contributed by atoms with Crippen LogP contribution >= 0.6 is 0 Å². The van der Waals surface area contributed by atoms with Crippen LogP contribution in [0.1, 0.15) is 39.0 Å². The third-order valence-electron chi connectivity index (χ3n) is 1.62. The highest BCUT2D eigenvalue weighted by atomic mass is 16.2. The van der Waals surface area contributed by atoms with Gasteiger partial charge in [0.15, 0.2) is 0 Å². The lowest BCUT2D eigenvalue weighted by Gasteiger charge is -2.17. The van der Waals surface area contributed by atoms with Gasteiger partial charge in [-0.05, 0) is 19.8 Å². The summed E-state index contributed by atoms with van der Waals surface area (Å²) in [5, 5.41) is 8.48. The summed E-state index contributed by atoms with van der Waals surface area (Å²) in [6.07, 6.45) is 5.00. The maximum Gasteiger partial charge on any atom is 0.0607 e. The van der Waals surface area contributed by atoms with Gasteiger partial charge < -0.3 is 16.6 Å². The topological polar surface area (TPSA) is 72.3 Å². The SMILES string of the molecule is CC(N)(N)CCCCCCO. The molecule has 0 saturated carbocycles. The third-order valence-corrected chi connectivity index (χ3v) is 1.62. The van der Waals surface area contributed by atoms with Crippen LogP contribution in [0.3, 0.4) is 0 Å². The molecule has 0 aliphatic rings. The van der Waals surface area contributed by atoms with Gasteiger partial charge in [0.2, 0.25) is 0 Å². The Morgan fingerprint density at radius 1 is 1.09 bits per heavy atom. The zero-order chi connectivity index (χ0) is 8.74. The molecule has 0 rings (SSSR count). The molecule has 0 atom stereocenters. The monoisotopic (exact) mass is 160 g/mol. The summed E-state index contributed by atoms with van der Waals surface area (Å²) in [7, 11) is 0. The van der Waals surface area contributed by atoms with Crippen molar-refractivity contribution < 1.29 is 5.11 Å². The molecule has 0 aromatic carbocycles. The lowest BCUT2D eigenvalue weighted by Crippen LogP contribution is -2.45. The van der Waals surface area contributed by atoms with Crippen molar-refractivity contribution in [2.24, 2.45) is 11.5 Å². The van der Waals surface area contributed by atoms with Gasteiger partial charge in [0.05, 0.1) is 5.66 Å². The summed E-state index contributed by atoms with van der Waals surface area (Å²) < 4.78 is 0. The van der Waals surface area contributed by atoms with Crippen molar-refractivity contribution >= 4 is 0 Å². The number of hydrogen-bond acceptors (Lipinski definition) is 3. The standard InChI is InChI=1S/C8H20N2O/c1-8(9,10)6-4-2-3-5-7-11/h11H,2-7,9-10H2,1H3. The van der Waals surface area contributed by atoms with Gasteiger partial charge in [0.25, 0.3) is 0 Å². The molecule has 0 unspecified atom stereocenters. The highest BCUT2D eigenvalue weighted by Crippen LogP contribution is 2.07. The first kappa shape index (κ1) is 10.9. The minimum atomic E-state index is -0.515. The molecule has 0 radical (unpaired) electrons. The van der Waals surface area contributed by atoms with Crippen LogP contribution in [0.5, 0.6) is 0 Å². The second-order valence-electron chi connectivity index (χ2n) is 3.39. The van der Waals surface area contributed by atoms with Gasteiger partial charge in [-0.15, -0.1) is 0 Å². The molecule has 0 aliphatic carbocycles. The molecule has 3 nitrogen and oxygen atoms in total. The van der Waals surface area contributed by atoms with Crippen molar-refractivity contribution in [3.05, 3.63) is 0 Å². The van der Waals surface area contributed by atoms with Crippen molar-refractivity contribution in [2.45, 2.75) is 44.7 Å². The van der Waals surface area contributed by atoms with Crippen LogP contribution in [0.2, 0.25) is 0 Å². The van der Waals surface area contributed by atoms with Crippen LogP contribution in [-0.2, 0) is 0 Å². The van der Waals surface area contributed by atoms with Crippen molar-refractivity contribution in [1.82, 2.24) is 0 Å².